The van der Waals surface area contributed by atoms with E-state index in [0.29, 0.717) is 18.9 Å². The van der Waals surface area contributed by atoms with Crippen LogP contribution in [0.2, 0.25) is 0 Å². The number of ether oxygens (including phenoxy) is 1. The summed E-state index contributed by atoms with van der Waals surface area (Å²) in [6.07, 6.45) is -0.298. The minimum atomic E-state index is -0.595. The Bertz CT molecular complexity index is 844. The van der Waals surface area contributed by atoms with E-state index in [0.717, 1.165) is 5.56 Å². The monoisotopic (exact) mass is 390 g/mol. The van der Waals surface area contributed by atoms with Crippen molar-refractivity contribution >= 4 is 12.0 Å². The summed E-state index contributed by atoms with van der Waals surface area (Å²) >= 11 is 0. The molecular weight excluding hydrogens is 367 g/mol. The third-order valence-electron chi connectivity index (χ3n) is 4.13. The maximum absolute atomic E-state index is 13.0. The lowest BCUT2D eigenvalue weighted by atomic mass is 10.1. The zero-order valence-corrected chi connectivity index (χ0v) is 16.1. The maximum Gasteiger partial charge on any atom is 0.408 e. The van der Waals surface area contributed by atoms with Crippen LogP contribution in [0.1, 0.15) is 50.4 Å². The van der Waals surface area contributed by atoms with Gasteiger partial charge in [0.25, 0.3) is 0 Å². The van der Waals surface area contributed by atoms with E-state index in [1.807, 2.05) is 0 Å². The van der Waals surface area contributed by atoms with Gasteiger partial charge >= 0.3 is 6.09 Å². The van der Waals surface area contributed by atoms with Gasteiger partial charge in [-0.25, -0.2) is 9.18 Å². The van der Waals surface area contributed by atoms with Crippen LogP contribution in [0.15, 0.2) is 28.8 Å². The van der Waals surface area contributed by atoms with E-state index < -0.39 is 11.7 Å². The Balaban J connectivity index is 1.54. The number of carbonyl (C=O) groups excluding carboxylic acids is 2. The van der Waals surface area contributed by atoms with Gasteiger partial charge in [0.2, 0.25) is 11.8 Å². The molecule has 0 saturated carbocycles. The van der Waals surface area contributed by atoms with Gasteiger partial charge in [0.15, 0.2) is 5.82 Å². The third kappa shape index (κ3) is 5.28. The van der Waals surface area contributed by atoms with Gasteiger partial charge in [0.05, 0.1) is 0 Å². The first-order chi connectivity index (χ1) is 13.2. The average Bonchev–Trinajstić information content (AvgIpc) is 3.21. The molecule has 8 nitrogen and oxygen atoms in total. The van der Waals surface area contributed by atoms with Crippen molar-refractivity contribution in [1.82, 2.24) is 20.4 Å². The second-order valence-electron chi connectivity index (χ2n) is 7.70. The number of nitrogens with one attached hydrogen (secondary N) is 1. The molecule has 1 aliphatic heterocycles. The van der Waals surface area contributed by atoms with Crippen LogP contribution in [0.5, 0.6) is 0 Å². The van der Waals surface area contributed by atoms with E-state index in [2.05, 4.69) is 15.5 Å². The van der Waals surface area contributed by atoms with Crippen LogP contribution in [0.4, 0.5) is 9.18 Å². The molecule has 28 heavy (non-hydrogen) atoms. The predicted octanol–water partition coefficient (Wildman–Crippen LogP) is 2.75. The van der Waals surface area contributed by atoms with Gasteiger partial charge < -0.3 is 19.5 Å². The van der Waals surface area contributed by atoms with Gasteiger partial charge in [-0.3, -0.25) is 4.79 Å². The molecule has 0 radical (unpaired) electrons. The minimum Gasteiger partial charge on any atom is -0.444 e. The van der Waals surface area contributed by atoms with Crippen LogP contribution in [0.3, 0.4) is 0 Å². The van der Waals surface area contributed by atoms with E-state index >= 15 is 0 Å². The number of amides is 2. The molecule has 0 spiro atoms. The number of aromatic nitrogens is 2. The van der Waals surface area contributed by atoms with Crippen LogP contribution < -0.4 is 5.32 Å². The first-order valence-corrected chi connectivity index (χ1v) is 9.01. The number of hydrogen-bond acceptors (Lipinski definition) is 6. The number of rotatable bonds is 5. The van der Waals surface area contributed by atoms with Gasteiger partial charge in [-0.2, -0.15) is 4.98 Å². The number of benzene rings is 1. The molecule has 150 valence electrons. The van der Waals surface area contributed by atoms with Crippen molar-refractivity contribution in [2.45, 2.75) is 51.8 Å². The van der Waals surface area contributed by atoms with Gasteiger partial charge in [-0.05, 0) is 38.5 Å². The van der Waals surface area contributed by atoms with Crippen molar-refractivity contribution in [3.63, 3.8) is 0 Å². The number of likely N-dealkylation sites (tertiary alicyclic amines) is 1. The zero-order valence-electron chi connectivity index (χ0n) is 16.1. The molecule has 9 heteroatoms. The highest BCUT2D eigenvalue weighted by Crippen LogP contribution is 2.27. The molecule has 1 atom stereocenters. The molecule has 2 amide bonds. The van der Waals surface area contributed by atoms with Gasteiger partial charge in [0, 0.05) is 25.4 Å². The lowest BCUT2D eigenvalue weighted by Gasteiger charge is -2.19. The molecule has 1 aromatic carbocycles. The summed E-state index contributed by atoms with van der Waals surface area (Å²) in [5.41, 5.74) is 0.258. The van der Waals surface area contributed by atoms with Gasteiger partial charge in [-0.15, -0.1) is 0 Å². The highest BCUT2D eigenvalue weighted by atomic mass is 19.1. The van der Waals surface area contributed by atoms with E-state index in [4.69, 9.17) is 9.26 Å². The predicted molar refractivity (Wildman–Crippen MR) is 96.5 cm³/mol. The third-order valence-corrected chi connectivity index (χ3v) is 4.13. The number of halogens is 1. The van der Waals surface area contributed by atoms with Crippen molar-refractivity contribution in [3.05, 3.63) is 47.4 Å². The summed E-state index contributed by atoms with van der Waals surface area (Å²) in [5, 5.41) is 6.48. The van der Waals surface area contributed by atoms with Crippen molar-refractivity contribution < 1.29 is 23.2 Å². The van der Waals surface area contributed by atoms with Crippen LogP contribution in [-0.2, 0) is 22.6 Å². The van der Waals surface area contributed by atoms with E-state index in [1.54, 1.807) is 37.8 Å². The fourth-order valence-electron chi connectivity index (χ4n) is 2.88. The van der Waals surface area contributed by atoms with Crippen molar-refractivity contribution in [1.29, 1.82) is 0 Å². The molecule has 2 heterocycles. The topological polar surface area (TPSA) is 97.6 Å². The van der Waals surface area contributed by atoms with Gasteiger partial charge in [-0.1, -0.05) is 17.3 Å². The molecular formula is C19H23FN4O4. The Kier molecular flexibility index (Phi) is 5.62. The Labute approximate surface area is 162 Å². The fraction of sp³-hybridized carbons (Fsp3) is 0.474. The molecule has 0 unspecified atom stereocenters. The first-order valence-electron chi connectivity index (χ1n) is 9.01. The second kappa shape index (κ2) is 7.95. The Hall–Kier alpha value is -2.97. The lowest BCUT2D eigenvalue weighted by molar-refractivity contribution is -0.128. The summed E-state index contributed by atoms with van der Waals surface area (Å²) in [6.45, 7) is 6.21. The van der Waals surface area contributed by atoms with Crippen LogP contribution in [0, 0.1) is 5.82 Å². The van der Waals surface area contributed by atoms with Crippen LogP contribution >= 0.6 is 0 Å². The fourth-order valence-corrected chi connectivity index (χ4v) is 2.88. The quantitative estimate of drug-likeness (QED) is 0.843. The van der Waals surface area contributed by atoms with E-state index in [9.17, 15) is 14.0 Å². The molecule has 1 aromatic heterocycles. The molecule has 3 rings (SSSR count). The summed E-state index contributed by atoms with van der Waals surface area (Å²) in [4.78, 5) is 29.9. The second-order valence-corrected chi connectivity index (χ2v) is 7.70. The maximum atomic E-state index is 13.0. The van der Waals surface area contributed by atoms with Crippen LogP contribution in [0.25, 0.3) is 0 Å². The lowest BCUT2D eigenvalue weighted by Crippen LogP contribution is -2.32. The van der Waals surface area contributed by atoms with Crippen molar-refractivity contribution in [2.75, 3.05) is 6.54 Å². The summed E-state index contributed by atoms with van der Waals surface area (Å²) in [6, 6.07) is 6.06. The minimum absolute atomic E-state index is 0.0208. The molecule has 0 bridgehead atoms. The Morgan fingerprint density at radius 3 is 2.75 bits per heavy atom. The highest BCUT2D eigenvalue weighted by Gasteiger charge is 2.33. The molecule has 1 saturated heterocycles. The average molecular weight is 390 g/mol. The Morgan fingerprint density at radius 1 is 1.36 bits per heavy atom. The number of carbonyl (C=O) groups is 2. The summed E-state index contributed by atoms with van der Waals surface area (Å²) < 4.78 is 23.3. The number of nitrogens with zero attached hydrogens (tertiary/aromatic N) is 3. The number of alkyl carbamates (subject to hydrolysis) is 1. The normalized spacial score (nSPS) is 17.1. The Morgan fingerprint density at radius 2 is 2.07 bits per heavy atom. The summed E-state index contributed by atoms with van der Waals surface area (Å²) in [5.74, 6) is 0.148. The van der Waals surface area contributed by atoms with Crippen molar-refractivity contribution in [3.8, 4) is 0 Å². The summed E-state index contributed by atoms with van der Waals surface area (Å²) in [7, 11) is 0. The molecule has 1 N–H and O–H groups in total. The largest absolute Gasteiger partial charge is 0.444 e. The van der Waals surface area contributed by atoms with Crippen molar-refractivity contribution in [2.24, 2.45) is 0 Å². The molecule has 0 aliphatic carbocycles. The number of hydrogen-bond donors (Lipinski definition) is 1. The first kappa shape index (κ1) is 19.8. The smallest absolute Gasteiger partial charge is 0.408 e. The highest BCUT2D eigenvalue weighted by molar-refractivity contribution is 5.79. The molecule has 1 fully saturated rings. The van der Waals surface area contributed by atoms with Crippen LogP contribution in [-0.4, -0.2) is 39.2 Å². The van der Waals surface area contributed by atoms with Gasteiger partial charge in [0.1, 0.15) is 18.0 Å². The van der Waals surface area contributed by atoms with E-state index in [-0.39, 0.29) is 36.5 Å². The molecule has 1 aliphatic rings. The standard InChI is InChI=1S/C19H23FN4O4/c1-19(2,3)27-18(26)21-9-15-22-17(23-28-15)13-8-16(25)24(11-13)10-12-4-6-14(20)7-5-12/h4-7,13H,8-11H2,1-3H3,(H,21,26)/t13-/m0/s1. The molecule has 2 aromatic rings. The zero-order chi connectivity index (χ0) is 20.3. The SMILES string of the molecule is CC(C)(C)OC(=O)NCc1nc([C@H]2CC(=O)N(Cc3ccc(F)cc3)C2)no1. The van der Waals surface area contributed by atoms with E-state index in [1.165, 1.54) is 12.1 Å².